The zero-order valence-corrected chi connectivity index (χ0v) is 11.9. The molecule has 2 aliphatic rings. The third kappa shape index (κ3) is 2.31. The van der Waals surface area contributed by atoms with Gasteiger partial charge in [0.25, 0.3) is 5.91 Å². The molecule has 2 saturated heterocycles. The van der Waals surface area contributed by atoms with Gasteiger partial charge in [0.05, 0.1) is 12.1 Å². The molecule has 2 fully saturated rings. The molecule has 0 saturated carbocycles. The van der Waals surface area contributed by atoms with Crippen LogP contribution in [0.15, 0.2) is 24.3 Å². The molecule has 2 aliphatic heterocycles. The molecule has 0 radical (unpaired) electrons. The molecule has 0 bridgehead atoms. The Morgan fingerprint density at radius 2 is 2.14 bits per heavy atom. The van der Waals surface area contributed by atoms with E-state index in [0.717, 1.165) is 10.7 Å². The van der Waals surface area contributed by atoms with Gasteiger partial charge in [0.1, 0.15) is 11.4 Å². The fourth-order valence-corrected chi connectivity index (χ4v) is 3.89. The summed E-state index contributed by atoms with van der Waals surface area (Å²) in [5, 5.41) is 2.67. The molecule has 21 heavy (non-hydrogen) atoms. The SMILES string of the molecule is O=C(CN1C(=O)N[C@@]2(CCSC2)C1=O)c1ccccc1F. The first kappa shape index (κ1) is 14.1. The number of nitrogens with one attached hydrogen (secondary N) is 1. The maximum absolute atomic E-state index is 13.6. The number of thioether (sulfide) groups is 1. The average Bonchev–Trinajstić information content (AvgIpc) is 3.01. The van der Waals surface area contributed by atoms with Gasteiger partial charge in [0, 0.05) is 5.75 Å². The topological polar surface area (TPSA) is 66.5 Å². The minimum atomic E-state index is -0.878. The van der Waals surface area contributed by atoms with Crippen LogP contribution in [-0.4, -0.2) is 46.2 Å². The number of urea groups is 1. The Morgan fingerprint density at radius 1 is 1.38 bits per heavy atom. The summed E-state index contributed by atoms with van der Waals surface area (Å²) >= 11 is 1.59. The maximum atomic E-state index is 13.6. The predicted molar refractivity (Wildman–Crippen MR) is 75.6 cm³/mol. The summed E-state index contributed by atoms with van der Waals surface area (Å²) in [4.78, 5) is 37.3. The van der Waals surface area contributed by atoms with Crippen molar-refractivity contribution >= 4 is 29.5 Å². The van der Waals surface area contributed by atoms with E-state index >= 15 is 0 Å². The van der Waals surface area contributed by atoms with Crippen LogP contribution in [0.5, 0.6) is 0 Å². The number of ketones is 1. The summed E-state index contributed by atoms with van der Waals surface area (Å²) in [6.45, 7) is -0.433. The van der Waals surface area contributed by atoms with Gasteiger partial charge in [-0.1, -0.05) is 12.1 Å². The minimum Gasteiger partial charge on any atom is -0.322 e. The van der Waals surface area contributed by atoms with Crippen LogP contribution >= 0.6 is 11.8 Å². The highest BCUT2D eigenvalue weighted by Crippen LogP contribution is 2.33. The van der Waals surface area contributed by atoms with E-state index in [1.54, 1.807) is 11.8 Å². The fourth-order valence-electron chi connectivity index (χ4n) is 2.57. The molecule has 1 atom stereocenters. The van der Waals surface area contributed by atoms with E-state index in [1.165, 1.54) is 24.3 Å². The molecule has 3 rings (SSSR count). The first-order chi connectivity index (χ1) is 10.0. The molecular formula is C14H13FN2O3S. The molecule has 0 unspecified atom stereocenters. The predicted octanol–water partition coefficient (Wildman–Crippen LogP) is 1.44. The van der Waals surface area contributed by atoms with Crippen LogP contribution in [0.4, 0.5) is 9.18 Å². The highest BCUT2D eigenvalue weighted by Gasteiger charge is 2.53. The molecule has 2 heterocycles. The lowest BCUT2D eigenvalue weighted by molar-refractivity contribution is -0.130. The standard InChI is InChI=1S/C14H13FN2O3S/c15-10-4-2-1-3-9(10)11(18)7-17-12(19)14(16-13(17)20)5-6-21-8-14/h1-4H,5-8H2,(H,16,20)/t14-/m1/s1. The first-order valence-corrected chi connectivity index (χ1v) is 7.68. The number of rotatable bonds is 3. The van der Waals surface area contributed by atoms with Gasteiger partial charge >= 0.3 is 6.03 Å². The van der Waals surface area contributed by atoms with Crippen molar-refractivity contribution in [2.45, 2.75) is 12.0 Å². The largest absolute Gasteiger partial charge is 0.325 e. The van der Waals surface area contributed by atoms with E-state index < -0.39 is 29.7 Å². The van der Waals surface area contributed by atoms with Gasteiger partial charge in [-0.05, 0) is 24.3 Å². The van der Waals surface area contributed by atoms with E-state index in [9.17, 15) is 18.8 Å². The highest BCUT2D eigenvalue weighted by molar-refractivity contribution is 7.99. The van der Waals surface area contributed by atoms with Gasteiger partial charge in [-0.3, -0.25) is 14.5 Å². The summed E-state index contributed by atoms with van der Waals surface area (Å²) < 4.78 is 13.6. The Labute approximate surface area is 124 Å². The van der Waals surface area contributed by atoms with Crippen LogP contribution in [0.1, 0.15) is 16.8 Å². The van der Waals surface area contributed by atoms with E-state index in [0.29, 0.717) is 12.2 Å². The van der Waals surface area contributed by atoms with Crippen molar-refractivity contribution in [2.75, 3.05) is 18.1 Å². The zero-order chi connectivity index (χ0) is 15.0. The smallest absolute Gasteiger partial charge is 0.322 e. The van der Waals surface area contributed by atoms with Crippen LogP contribution in [0.25, 0.3) is 0 Å². The van der Waals surface area contributed by atoms with Crippen LogP contribution in [-0.2, 0) is 4.79 Å². The summed E-state index contributed by atoms with van der Waals surface area (Å²) in [7, 11) is 0. The van der Waals surface area contributed by atoms with Crippen molar-refractivity contribution in [1.29, 1.82) is 0 Å². The molecule has 1 N–H and O–H groups in total. The Balaban J connectivity index is 1.79. The van der Waals surface area contributed by atoms with Gasteiger partial charge < -0.3 is 5.32 Å². The second-order valence-electron chi connectivity index (χ2n) is 5.11. The number of Topliss-reactive ketones (excluding diaryl/α,β-unsaturated/α-hetero) is 1. The lowest BCUT2D eigenvalue weighted by atomic mass is 9.99. The van der Waals surface area contributed by atoms with Crippen LogP contribution in [0.2, 0.25) is 0 Å². The number of benzene rings is 1. The highest BCUT2D eigenvalue weighted by atomic mass is 32.2. The number of imide groups is 1. The lowest BCUT2D eigenvalue weighted by Crippen LogP contribution is -2.47. The number of hydrogen-bond donors (Lipinski definition) is 1. The summed E-state index contributed by atoms with van der Waals surface area (Å²) in [6.07, 6.45) is 0.562. The normalized spacial score (nSPS) is 24.7. The molecule has 3 amide bonds. The molecule has 1 spiro atoms. The molecule has 110 valence electrons. The van der Waals surface area contributed by atoms with E-state index in [1.807, 2.05) is 0 Å². The fraction of sp³-hybridized carbons (Fsp3) is 0.357. The number of halogens is 1. The number of carbonyl (C=O) groups excluding carboxylic acids is 3. The Bertz CT molecular complexity index is 628. The molecular weight excluding hydrogens is 295 g/mol. The van der Waals surface area contributed by atoms with E-state index in [-0.39, 0.29) is 11.5 Å². The molecule has 0 aliphatic carbocycles. The van der Waals surface area contributed by atoms with Gasteiger partial charge in [0.2, 0.25) is 0 Å². The second-order valence-corrected chi connectivity index (χ2v) is 6.21. The van der Waals surface area contributed by atoms with Crippen molar-refractivity contribution < 1.29 is 18.8 Å². The monoisotopic (exact) mass is 308 g/mol. The van der Waals surface area contributed by atoms with Crippen LogP contribution < -0.4 is 5.32 Å². The van der Waals surface area contributed by atoms with Crippen molar-refractivity contribution in [2.24, 2.45) is 0 Å². The lowest BCUT2D eigenvalue weighted by Gasteiger charge is -2.18. The Morgan fingerprint density at radius 3 is 2.81 bits per heavy atom. The number of hydrogen-bond acceptors (Lipinski definition) is 4. The zero-order valence-electron chi connectivity index (χ0n) is 11.1. The Kier molecular flexibility index (Phi) is 3.44. The molecule has 1 aromatic rings. The maximum Gasteiger partial charge on any atom is 0.325 e. The first-order valence-electron chi connectivity index (χ1n) is 6.53. The van der Waals surface area contributed by atoms with Gasteiger partial charge in [-0.25, -0.2) is 9.18 Å². The number of nitrogens with zero attached hydrogens (tertiary/aromatic N) is 1. The van der Waals surface area contributed by atoms with Gasteiger partial charge in [-0.15, -0.1) is 0 Å². The van der Waals surface area contributed by atoms with E-state index in [4.69, 9.17) is 0 Å². The summed E-state index contributed by atoms with van der Waals surface area (Å²) in [5.74, 6) is -0.314. The van der Waals surface area contributed by atoms with Gasteiger partial charge in [0.15, 0.2) is 5.78 Å². The number of amides is 3. The Hall–Kier alpha value is -1.89. The minimum absolute atomic E-state index is 0.111. The molecule has 7 heteroatoms. The third-order valence-electron chi connectivity index (χ3n) is 3.74. The van der Waals surface area contributed by atoms with Crippen molar-refractivity contribution in [3.8, 4) is 0 Å². The van der Waals surface area contributed by atoms with Crippen molar-refractivity contribution in [3.63, 3.8) is 0 Å². The quantitative estimate of drug-likeness (QED) is 0.678. The van der Waals surface area contributed by atoms with Gasteiger partial charge in [-0.2, -0.15) is 11.8 Å². The summed E-state index contributed by atoms with van der Waals surface area (Å²) in [6, 6.07) is 4.96. The molecule has 5 nitrogen and oxygen atoms in total. The van der Waals surface area contributed by atoms with Crippen molar-refractivity contribution in [1.82, 2.24) is 10.2 Å². The van der Waals surface area contributed by atoms with Crippen molar-refractivity contribution in [3.05, 3.63) is 35.6 Å². The van der Waals surface area contributed by atoms with E-state index in [2.05, 4.69) is 5.32 Å². The number of carbonyl (C=O) groups is 3. The van der Waals surface area contributed by atoms with Crippen LogP contribution in [0.3, 0.4) is 0 Å². The molecule has 0 aromatic heterocycles. The van der Waals surface area contributed by atoms with Crippen LogP contribution in [0, 0.1) is 5.82 Å². The average molecular weight is 308 g/mol. The second kappa shape index (κ2) is 5.14. The summed E-state index contributed by atoms with van der Waals surface area (Å²) in [5.41, 5.74) is -0.989. The molecule has 1 aromatic carbocycles. The third-order valence-corrected chi connectivity index (χ3v) is 4.93.